The number of nitrogens with zero attached hydrogens (tertiary/aromatic N) is 3. The lowest BCUT2D eigenvalue weighted by molar-refractivity contribution is 0.694. The van der Waals surface area contributed by atoms with E-state index in [-0.39, 0.29) is 0 Å². The molecule has 0 aliphatic heterocycles. The molecule has 0 unspecified atom stereocenters. The molecule has 90 valence electrons. The molecule has 1 aromatic carbocycles. The molecule has 4 nitrogen and oxygen atoms in total. The predicted octanol–water partition coefficient (Wildman–Crippen LogP) is 2.52. The molecule has 0 fully saturated rings. The fourth-order valence-electron chi connectivity index (χ4n) is 2.00. The van der Waals surface area contributed by atoms with Gasteiger partial charge in [-0.3, -0.25) is 0 Å². The lowest BCUT2D eigenvalue weighted by Crippen LogP contribution is -2.02. The standard InChI is InChI=1S/C14H14N4/c1-2-4-12(5-3-1)14-16-7-9-18(14)8-6-13-10-15-11-17-13/h1-5,7,9-11H,6,8H2,(H,15,17). The summed E-state index contributed by atoms with van der Waals surface area (Å²) in [6.07, 6.45) is 8.35. The lowest BCUT2D eigenvalue weighted by Gasteiger charge is -2.06. The molecule has 0 saturated heterocycles. The van der Waals surface area contributed by atoms with E-state index in [1.807, 2.05) is 36.8 Å². The summed E-state index contributed by atoms with van der Waals surface area (Å²) in [5.74, 6) is 1.01. The first-order valence-corrected chi connectivity index (χ1v) is 5.97. The van der Waals surface area contributed by atoms with Crippen LogP contribution in [0.2, 0.25) is 0 Å². The lowest BCUT2D eigenvalue weighted by atomic mass is 10.2. The van der Waals surface area contributed by atoms with Gasteiger partial charge in [0.1, 0.15) is 5.82 Å². The molecule has 0 atom stereocenters. The Morgan fingerprint density at radius 1 is 1.17 bits per heavy atom. The van der Waals surface area contributed by atoms with Gasteiger partial charge in [0.2, 0.25) is 0 Å². The number of nitrogens with one attached hydrogen (secondary N) is 1. The van der Waals surface area contributed by atoms with Crippen molar-refractivity contribution in [2.75, 3.05) is 0 Å². The van der Waals surface area contributed by atoms with Gasteiger partial charge in [0.25, 0.3) is 0 Å². The first-order chi connectivity index (χ1) is 8.93. The van der Waals surface area contributed by atoms with Gasteiger partial charge in [0, 0.05) is 42.8 Å². The van der Waals surface area contributed by atoms with E-state index >= 15 is 0 Å². The summed E-state index contributed by atoms with van der Waals surface area (Å²) in [7, 11) is 0. The van der Waals surface area contributed by atoms with Crippen LogP contribution in [0.5, 0.6) is 0 Å². The van der Waals surface area contributed by atoms with Crippen molar-refractivity contribution < 1.29 is 0 Å². The molecule has 1 N–H and O–H groups in total. The van der Waals surface area contributed by atoms with Gasteiger partial charge in [0.05, 0.1) is 6.33 Å². The normalized spacial score (nSPS) is 10.7. The zero-order chi connectivity index (χ0) is 12.2. The summed E-state index contributed by atoms with van der Waals surface area (Å²) in [4.78, 5) is 11.6. The molecule has 2 heterocycles. The fraction of sp³-hybridized carbons (Fsp3) is 0.143. The number of aromatic amines is 1. The van der Waals surface area contributed by atoms with Crippen LogP contribution in [0.15, 0.2) is 55.2 Å². The van der Waals surface area contributed by atoms with Gasteiger partial charge in [-0.25, -0.2) is 9.97 Å². The second-order valence-corrected chi connectivity index (χ2v) is 4.14. The monoisotopic (exact) mass is 238 g/mol. The van der Waals surface area contributed by atoms with Crippen LogP contribution in [0.4, 0.5) is 0 Å². The summed E-state index contributed by atoms with van der Waals surface area (Å²) in [6.45, 7) is 0.895. The van der Waals surface area contributed by atoms with E-state index in [2.05, 4.69) is 31.7 Å². The van der Waals surface area contributed by atoms with E-state index < -0.39 is 0 Å². The van der Waals surface area contributed by atoms with E-state index in [1.54, 1.807) is 6.33 Å². The third-order valence-electron chi connectivity index (χ3n) is 2.92. The summed E-state index contributed by atoms with van der Waals surface area (Å²) in [5, 5.41) is 0. The van der Waals surface area contributed by atoms with E-state index in [0.29, 0.717) is 0 Å². The Labute approximate surface area is 105 Å². The summed E-state index contributed by atoms with van der Waals surface area (Å²) >= 11 is 0. The van der Waals surface area contributed by atoms with Crippen LogP contribution < -0.4 is 0 Å². The minimum Gasteiger partial charge on any atom is -0.348 e. The highest BCUT2D eigenvalue weighted by molar-refractivity contribution is 5.55. The fourth-order valence-corrected chi connectivity index (χ4v) is 2.00. The molecule has 0 spiro atoms. The summed E-state index contributed by atoms with van der Waals surface area (Å²) in [5.41, 5.74) is 2.29. The van der Waals surface area contributed by atoms with E-state index in [4.69, 9.17) is 0 Å². The smallest absolute Gasteiger partial charge is 0.139 e. The molecular formula is C14H14N4. The number of imidazole rings is 2. The molecule has 0 radical (unpaired) electrons. The van der Waals surface area contributed by atoms with Crippen LogP contribution in [0.3, 0.4) is 0 Å². The molecule has 0 amide bonds. The number of hydrogen-bond acceptors (Lipinski definition) is 2. The van der Waals surface area contributed by atoms with Crippen LogP contribution >= 0.6 is 0 Å². The highest BCUT2D eigenvalue weighted by atomic mass is 15.1. The Balaban J connectivity index is 1.80. The third kappa shape index (κ3) is 2.18. The maximum absolute atomic E-state index is 4.42. The molecule has 0 saturated carbocycles. The Hall–Kier alpha value is -2.36. The van der Waals surface area contributed by atoms with E-state index in [9.17, 15) is 0 Å². The minimum atomic E-state index is 0.895. The predicted molar refractivity (Wildman–Crippen MR) is 70.0 cm³/mol. The van der Waals surface area contributed by atoms with Crippen LogP contribution in [0.1, 0.15) is 5.69 Å². The highest BCUT2D eigenvalue weighted by Gasteiger charge is 2.05. The second-order valence-electron chi connectivity index (χ2n) is 4.14. The van der Waals surface area contributed by atoms with Gasteiger partial charge in [-0.1, -0.05) is 30.3 Å². The Morgan fingerprint density at radius 3 is 2.83 bits per heavy atom. The number of benzene rings is 1. The molecule has 0 aliphatic carbocycles. The topological polar surface area (TPSA) is 46.5 Å². The number of H-pyrrole nitrogens is 1. The largest absolute Gasteiger partial charge is 0.348 e. The molecule has 2 aromatic heterocycles. The maximum atomic E-state index is 4.42. The summed E-state index contributed by atoms with van der Waals surface area (Å²) in [6, 6.07) is 10.2. The van der Waals surface area contributed by atoms with Crippen LogP contribution in [0, 0.1) is 0 Å². The van der Waals surface area contributed by atoms with Crippen molar-refractivity contribution in [1.29, 1.82) is 0 Å². The van der Waals surface area contributed by atoms with Gasteiger partial charge in [-0.15, -0.1) is 0 Å². The minimum absolute atomic E-state index is 0.895. The van der Waals surface area contributed by atoms with E-state index in [1.165, 1.54) is 0 Å². The van der Waals surface area contributed by atoms with Crippen molar-refractivity contribution in [3.8, 4) is 11.4 Å². The second kappa shape index (κ2) is 4.87. The molecule has 0 aliphatic rings. The van der Waals surface area contributed by atoms with Crippen LogP contribution in [0.25, 0.3) is 11.4 Å². The molecule has 18 heavy (non-hydrogen) atoms. The quantitative estimate of drug-likeness (QED) is 0.759. The average Bonchev–Trinajstić information content (AvgIpc) is 3.09. The zero-order valence-electron chi connectivity index (χ0n) is 9.95. The van der Waals surface area contributed by atoms with Gasteiger partial charge in [-0.2, -0.15) is 0 Å². The third-order valence-corrected chi connectivity index (χ3v) is 2.92. The van der Waals surface area contributed by atoms with Gasteiger partial charge < -0.3 is 9.55 Å². The van der Waals surface area contributed by atoms with E-state index in [0.717, 1.165) is 30.0 Å². The van der Waals surface area contributed by atoms with Crippen molar-refractivity contribution in [2.45, 2.75) is 13.0 Å². The molecule has 3 aromatic rings. The van der Waals surface area contributed by atoms with Crippen LogP contribution in [-0.2, 0) is 13.0 Å². The van der Waals surface area contributed by atoms with Gasteiger partial charge in [0.15, 0.2) is 0 Å². The first-order valence-electron chi connectivity index (χ1n) is 5.97. The van der Waals surface area contributed by atoms with Crippen molar-refractivity contribution in [2.24, 2.45) is 0 Å². The Bertz CT molecular complexity index is 596. The number of hydrogen-bond donors (Lipinski definition) is 1. The first kappa shape index (κ1) is 10.8. The highest BCUT2D eigenvalue weighted by Crippen LogP contribution is 2.16. The zero-order valence-corrected chi connectivity index (χ0v) is 9.95. The summed E-state index contributed by atoms with van der Waals surface area (Å²) < 4.78 is 2.16. The number of aromatic nitrogens is 4. The average molecular weight is 238 g/mol. The Morgan fingerprint density at radius 2 is 2.06 bits per heavy atom. The van der Waals surface area contributed by atoms with Crippen LogP contribution in [-0.4, -0.2) is 19.5 Å². The molecular weight excluding hydrogens is 224 g/mol. The molecule has 0 bridgehead atoms. The van der Waals surface area contributed by atoms with Crippen molar-refractivity contribution in [3.63, 3.8) is 0 Å². The maximum Gasteiger partial charge on any atom is 0.139 e. The molecule has 4 heteroatoms. The van der Waals surface area contributed by atoms with Crippen molar-refractivity contribution in [1.82, 2.24) is 19.5 Å². The van der Waals surface area contributed by atoms with Crippen molar-refractivity contribution in [3.05, 3.63) is 60.9 Å². The Kier molecular flexibility index (Phi) is 2.92. The van der Waals surface area contributed by atoms with Gasteiger partial charge in [-0.05, 0) is 0 Å². The van der Waals surface area contributed by atoms with Gasteiger partial charge >= 0.3 is 0 Å². The molecule has 3 rings (SSSR count). The van der Waals surface area contributed by atoms with Crippen molar-refractivity contribution >= 4 is 0 Å². The SMILES string of the molecule is c1ccc(-c2nccn2CCc2cnc[nH]2)cc1. The number of aryl methyl sites for hydroxylation is 2. The number of rotatable bonds is 4.